The summed E-state index contributed by atoms with van der Waals surface area (Å²) in [5, 5.41) is 52.5. The van der Waals surface area contributed by atoms with Crippen molar-refractivity contribution in [2.24, 2.45) is 0 Å². The van der Waals surface area contributed by atoms with Crippen molar-refractivity contribution in [1.82, 2.24) is 19.9 Å². The minimum absolute atomic E-state index is 0.00827. The number of unbranched alkanes of at least 4 members (excludes halogenated alkanes) is 1. The van der Waals surface area contributed by atoms with E-state index in [0.717, 1.165) is 45.7 Å². The van der Waals surface area contributed by atoms with Gasteiger partial charge in [-0.1, -0.05) is 29.8 Å². The van der Waals surface area contributed by atoms with Gasteiger partial charge in [-0.2, -0.15) is 0 Å². The predicted octanol–water partition coefficient (Wildman–Crippen LogP) is 2.42. The molecule has 2 aliphatic rings. The summed E-state index contributed by atoms with van der Waals surface area (Å²) in [6.45, 7) is -1.23. The summed E-state index contributed by atoms with van der Waals surface area (Å²) in [6, 6.07) is 11.2. The average Bonchev–Trinajstić information content (AvgIpc) is 4.10. The molecule has 3 aromatic rings. The number of sulfonamides is 1. The molecule has 2 amide bonds. The van der Waals surface area contributed by atoms with Crippen molar-refractivity contribution in [3.05, 3.63) is 76.8 Å². The smallest absolute Gasteiger partial charge is 0.314 e. The van der Waals surface area contributed by atoms with Gasteiger partial charge < -0.3 is 45.6 Å². The van der Waals surface area contributed by atoms with E-state index in [9.17, 15) is 33.6 Å². The van der Waals surface area contributed by atoms with Crippen LogP contribution in [0.4, 0.5) is 9.18 Å². The van der Waals surface area contributed by atoms with Gasteiger partial charge in [-0.3, -0.25) is 4.98 Å². The minimum Gasteiger partial charge on any atom is -0.490 e. The van der Waals surface area contributed by atoms with E-state index in [1.54, 1.807) is 12.4 Å². The summed E-state index contributed by atoms with van der Waals surface area (Å²) in [6.07, 6.45) is 0.846. The lowest BCUT2D eigenvalue weighted by Gasteiger charge is -2.25. The van der Waals surface area contributed by atoms with Crippen LogP contribution in [0.25, 0.3) is 11.1 Å². The molecule has 0 aliphatic heterocycles. The molecule has 14 nitrogen and oxygen atoms in total. The molecule has 2 fully saturated rings. The highest BCUT2D eigenvalue weighted by molar-refractivity contribution is 7.89. The average molecular weight is 781 g/mol. The van der Waals surface area contributed by atoms with Gasteiger partial charge in [0, 0.05) is 55.2 Å². The molecule has 0 spiro atoms. The second-order valence-electron chi connectivity index (χ2n) is 13.4. The second kappa shape index (κ2) is 17.8. The van der Waals surface area contributed by atoms with Crippen molar-refractivity contribution in [2.75, 3.05) is 33.3 Å². The molecule has 0 bridgehead atoms. The van der Waals surface area contributed by atoms with E-state index in [0.29, 0.717) is 31.2 Å². The first kappa shape index (κ1) is 40.7. The van der Waals surface area contributed by atoms with Crippen molar-refractivity contribution in [2.45, 2.75) is 86.1 Å². The molecule has 0 radical (unpaired) electrons. The molecular weight excluding hydrogens is 735 g/mol. The zero-order chi connectivity index (χ0) is 38.3. The molecule has 290 valence electrons. The molecule has 7 N–H and O–H groups in total. The Morgan fingerprint density at radius 3 is 2.47 bits per heavy atom. The maximum absolute atomic E-state index is 15.1. The number of aliphatic hydroxyl groups is 5. The fourth-order valence-corrected chi connectivity index (χ4v) is 7.25. The Balaban J connectivity index is 1.15. The van der Waals surface area contributed by atoms with E-state index in [2.05, 4.69) is 15.6 Å². The van der Waals surface area contributed by atoms with Gasteiger partial charge in [0.2, 0.25) is 10.0 Å². The number of nitrogens with one attached hydrogen (secondary N) is 2. The van der Waals surface area contributed by atoms with Crippen LogP contribution in [0.3, 0.4) is 0 Å². The molecule has 1 aromatic heterocycles. The zero-order valence-corrected chi connectivity index (χ0v) is 30.8. The van der Waals surface area contributed by atoms with E-state index in [-0.39, 0.29) is 30.8 Å². The molecule has 0 saturated heterocycles. The molecule has 2 aliphatic carbocycles. The van der Waals surface area contributed by atoms with Gasteiger partial charge in [-0.15, -0.1) is 0 Å². The number of aromatic nitrogens is 1. The first-order valence-electron chi connectivity index (χ1n) is 17.4. The normalized spacial score (nSPS) is 17.5. The van der Waals surface area contributed by atoms with Crippen molar-refractivity contribution in [3.8, 4) is 16.9 Å². The Kier molecular flexibility index (Phi) is 13.7. The molecular formula is C36H46ClFN4O10S. The molecule has 17 heteroatoms. The van der Waals surface area contributed by atoms with Gasteiger partial charge in [-0.05, 0) is 73.9 Å². The van der Waals surface area contributed by atoms with Crippen LogP contribution in [-0.4, -0.2) is 113 Å². The topological polar surface area (TPSA) is 211 Å². The first-order valence-corrected chi connectivity index (χ1v) is 19.2. The highest BCUT2D eigenvalue weighted by atomic mass is 35.5. The maximum atomic E-state index is 15.1. The van der Waals surface area contributed by atoms with Gasteiger partial charge >= 0.3 is 6.03 Å². The van der Waals surface area contributed by atoms with Crippen LogP contribution in [0.1, 0.15) is 49.7 Å². The number of carbonyl (C=O) groups is 1. The summed E-state index contributed by atoms with van der Waals surface area (Å²) in [5.41, 5.74) is 2.33. The van der Waals surface area contributed by atoms with Crippen LogP contribution in [-0.2, 0) is 27.0 Å². The van der Waals surface area contributed by atoms with E-state index in [4.69, 9.17) is 26.2 Å². The molecule has 4 atom stereocenters. The summed E-state index contributed by atoms with van der Waals surface area (Å²) in [4.78, 5) is 15.9. The maximum Gasteiger partial charge on any atom is 0.314 e. The van der Waals surface area contributed by atoms with Crippen LogP contribution in [0.2, 0.25) is 5.02 Å². The van der Waals surface area contributed by atoms with E-state index in [1.807, 2.05) is 30.3 Å². The number of aliphatic hydroxyl groups excluding tert-OH is 5. The van der Waals surface area contributed by atoms with Gasteiger partial charge in [0.05, 0.1) is 31.0 Å². The van der Waals surface area contributed by atoms with E-state index in [1.165, 1.54) is 13.1 Å². The monoisotopic (exact) mass is 780 g/mol. The lowest BCUT2D eigenvalue weighted by molar-refractivity contribution is -0.113. The Labute approximate surface area is 312 Å². The van der Waals surface area contributed by atoms with Gasteiger partial charge in [0.25, 0.3) is 0 Å². The Morgan fingerprint density at radius 2 is 1.77 bits per heavy atom. The van der Waals surface area contributed by atoms with Crippen LogP contribution in [0.5, 0.6) is 5.75 Å². The summed E-state index contributed by atoms with van der Waals surface area (Å²) < 4.78 is 55.7. The minimum atomic E-state index is -4.28. The second-order valence-corrected chi connectivity index (χ2v) is 15.8. The fraction of sp³-hybridized carbons (Fsp3) is 0.500. The fourth-order valence-electron chi connectivity index (χ4n) is 5.74. The van der Waals surface area contributed by atoms with Crippen LogP contribution in [0.15, 0.2) is 59.8 Å². The molecule has 2 aromatic carbocycles. The number of carbonyl (C=O) groups excluding carboxylic acids is 1. The number of para-hydroxylation sites is 1. The first-order chi connectivity index (χ1) is 25.3. The van der Waals surface area contributed by atoms with Crippen molar-refractivity contribution in [1.29, 1.82) is 0 Å². The van der Waals surface area contributed by atoms with E-state index < -0.39 is 69.9 Å². The molecule has 2 saturated carbocycles. The van der Waals surface area contributed by atoms with E-state index >= 15 is 4.39 Å². The SMILES string of the molecule is CN(CCCCNC(=O)NCC(O)C(O)C(O)C(O)CO)S(=O)(=O)c1cc(COC2(c3cnccc3-c3ccccc3OC3CC3)CC2)c(Cl)cc1F. The summed E-state index contributed by atoms with van der Waals surface area (Å²) in [7, 11) is -2.96. The number of urea groups is 1. The van der Waals surface area contributed by atoms with Crippen molar-refractivity contribution >= 4 is 27.7 Å². The number of hydrogen-bond acceptors (Lipinski definition) is 11. The number of rotatable bonds is 20. The third kappa shape index (κ3) is 10.2. The molecule has 5 rings (SSSR count). The van der Waals surface area contributed by atoms with Gasteiger partial charge in [0.15, 0.2) is 0 Å². The highest BCUT2D eigenvalue weighted by Crippen LogP contribution is 2.53. The number of hydrogen-bond donors (Lipinski definition) is 7. The molecule has 1 heterocycles. The zero-order valence-electron chi connectivity index (χ0n) is 29.2. The van der Waals surface area contributed by atoms with Crippen LogP contribution in [0, 0.1) is 5.82 Å². The number of pyridine rings is 1. The van der Waals surface area contributed by atoms with Gasteiger partial charge in [0.1, 0.15) is 34.8 Å². The third-order valence-corrected chi connectivity index (χ3v) is 11.5. The van der Waals surface area contributed by atoms with Gasteiger partial charge in [-0.25, -0.2) is 21.9 Å². The molecule has 4 unspecified atom stereocenters. The third-order valence-electron chi connectivity index (χ3n) is 9.29. The van der Waals surface area contributed by atoms with Crippen molar-refractivity contribution in [3.63, 3.8) is 0 Å². The Bertz CT molecular complexity index is 1830. The number of ether oxygens (including phenoxy) is 2. The number of halogens is 2. The highest BCUT2D eigenvalue weighted by Gasteiger charge is 2.48. The lowest BCUT2D eigenvalue weighted by Crippen LogP contribution is -2.50. The number of nitrogens with zero attached hydrogens (tertiary/aromatic N) is 2. The quantitative estimate of drug-likeness (QED) is 0.0828. The summed E-state index contributed by atoms with van der Waals surface area (Å²) >= 11 is 6.41. The Morgan fingerprint density at radius 1 is 1.06 bits per heavy atom. The largest absolute Gasteiger partial charge is 0.490 e. The van der Waals surface area contributed by atoms with Crippen molar-refractivity contribution < 1.29 is 52.6 Å². The summed E-state index contributed by atoms with van der Waals surface area (Å²) in [5.74, 6) is -0.220. The molecule has 53 heavy (non-hydrogen) atoms. The van der Waals surface area contributed by atoms with Crippen LogP contribution < -0.4 is 15.4 Å². The standard InChI is InChI=1S/C36H46ClFN4O10S/c1-42(15-5-4-13-40-35(48)41-19-29(44)33(46)34(47)30(45)20-43)53(49,50)32-16-22(27(37)17-28(32)38)21-51-36(11-12-36)26-18-39-14-10-24(26)25-6-2-3-7-31(25)52-23-8-9-23/h2-3,6-7,10,14,16-18,23,29-30,33-34,43-47H,4-5,8-9,11-13,15,19-21H2,1H3,(H2,40,41,48). The number of benzene rings is 2. The predicted molar refractivity (Wildman–Crippen MR) is 192 cm³/mol. The Hall–Kier alpha value is -3.45. The lowest BCUT2D eigenvalue weighted by atomic mass is 9.96. The van der Waals surface area contributed by atoms with Crippen LogP contribution >= 0.6 is 11.6 Å². The number of amides is 2.